The third-order valence-electron chi connectivity index (χ3n) is 4.10. The average molecular weight is 483 g/mol. The van der Waals surface area contributed by atoms with Crippen molar-refractivity contribution in [1.82, 2.24) is 0 Å². The standard InChI is InChI=1S/C23H19BrN2O5/c1-2-30-23(29)31-18-13-7-15(8-14-18)21(27)25-16-9-11-17(12-10-16)26-22(28)19-5-3-4-6-20(19)24/h3-14H,2H2,1H3,(H,25,27)(H,26,28). The molecule has 0 fully saturated rings. The number of hydrogen-bond acceptors (Lipinski definition) is 5. The quantitative estimate of drug-likeness (QED) is 0.357. The first kappa shape index (κ1) is 22.0. The van der Waals surface area contributed by atoms with Crippen molar-refractivity contribution in [3.63, 3.8) is 0 Å². The summed E-state index contributed by atoms with van der Waals surface area (Å²) in [5.41, 5.74) is 2.08. The van der Waals surface area contributed by atoms with E-state index in [1.807, 2.05) is 6.07 Å². The first-order valence-electron chi connectivity index (χ1n) is 9.38. The summed E-state index contributed by atoms with van der Waals surface area (Å²) >= 11 is 3.36. The molecule has 0 atom stereocenters. The van der Waals surface area contributed by atoms with Crippen LogP contribution in [0.4, 0.5) is 16.2 Å². The van der Waals surface area contributed by atoms with E-state index in [1.54, 1.807) is 49.4 Å². The Kier molecular flexibility index (Phi) is 7.40. The second-order valence-corrected chi connectivity index (χ2v) is 7.13. The van der Waals surface area contributed by atoms with Crippen LogP contribution < -0.4 is 15.4 Å². The van der Waals surface area contributed by atoms with E-state index in [1.165, 1.54) is 24.3 Å². The summed E-state index contributed by atoms with van der Waals surface area (Å²) in [5.74, 6) is -0.290. The molecular formula is C23H19BrN2O5. The van der Waals surface area contributed by atoms with Crippen LogP contribution in [-0.2, 0) is 4.74 Å². The third kappa shape index (κ3) is 6.16. The van der Waals surface area contributed by atoms with Gasteiger partial charge in [0.25, 0.3) is 11.8 Å². The minimum absolute atomic E-state index is 0.214. The summed E-state index contributed by atoms with van der Waals surface area (Å²) in [6, 6.07) is 20.0. The smallest absolute Gasteiger partial charge is 0.434 e. The Morgan fingerprint density at radius 1 is 0.806 bits per heavy atom. The first-order chi connectivity index (χ1) is 15.0. The van der Waals surface area contributed by atoms with Gasteiger partial charge in [-0.2, -0.15) is 0 Å². The van der Waals surface area contributed by atoms with Crippen LogP contribution in [0.2, 0.25) is 0 Å². The van der Waals surface area contributed by atoms with Crippen LogP contribution in [0, 0.1) is 0 Å². The van der Waals surface area contributed by atoms with Crippen molar-refractivity contribution in [2.75, 3.05) is 17.2 Å². The van der Waals surface area contributed by atoms with Gasteiger partial charge in [-0.3, -0.25) is 9.59 Å². The Labute approximate surface area is 187 Å². The van der Waals surface area contributed by atoms with Gasteiger partial charge in [-0.25, -0.2) is 4.79 Å². The van der Waals surface area contributed by atoms with E-state index in [-0.39, 0.29) is 24.2 Å². The highest BCUT2D eigenvalue weighted by Crippen LogP contribution is 2.20. The molecule has 8 heteroatoms. The van der Waals surface area contributed by atoms with Crippen molar-refractivity contribution >= 4 is 45.3 Å². The van der Waals surface area contributed by atoms with Gasteiger partial charge in [0, 0.05) is 21.4 Å². The summed E-state index contributed by atoms with van der Waals surface area (Å²) < 4.78 is 10.4. The van der Waals surface area contributed by atoms with Crippen LogP contribution in [0.5, 0.6) is 5.75 Å². The number of benzene rings is 3. The fourth-order valence-electron chi connectivity index (χ4n) is 2.60. The van der Waals surface area contributed by atoms with Gasteiger partial charge in [0.2, 0.25) is 0 Å². The Hall–Kier alpha value is -3.65. The van der Waals surface area contributed by atoms with E-state index in [9.17, 15) is 14.4 Å². The van der Waals surface area contributed by atoms with Crippen LogP contribution in [0.25, 0.3) is 0 Å². The molecule has 3 aromatic rings. The van der Waals surface area contributed by atoms with Gasteiger partial charge in [-0.05, 0) is 83.5 Å². The molecule has 2 amide bonds. The van der Waals surface area contributed by atoms with Gasteiger partial charge in [0.05, 0.1) is 12.2 Å². The topological polar surface area (TPSA) is 93.7 Å². The van der Waals surface area contributed by atoms with Gasteiger partial charge in [-0.1, -0.05) is 12.1 Å². The summed E-state index contributed by atoms with van der Waals surface area (Å²) in [7, 11) is 0. The Balaban J connectivity index is 1.58. The number of hydrogen-bond donors (Lipinski definition) is 2. The molecule has 0 spiro atoms. The molecule has 0 aliphatic rings. The van der Waals surface area contributed by atoms with Crippen molar-refractivity contribution < 1.29 is 23.9 Å². The van der Waals surface area contributed by atoms with Gasteiger partial charge in [-0.15, -0.1) is 0 Å². The lowest BCUT2D eigenvalue weighted by Crippen LogP contribution is -2.14. The number of carbonyl (C=O) groups excluding carboxylic acids is 3. The third-order valence-corrected chi connectivity index (χ3v) is 4.79. The highest BCUT2D eigenvalue weighted by atomic mass is 79.9. The molecular weight excluding hydrogens is 464 g/mol. The normalized spacial score (nSPS) is 10.1. The molecule has 0 aliphatic heterocycles. The first-order valence-corrected chi connectivity index (χ1v) is 10.2. The fourth-order valence-corrected chi connectivity index (χ4v) is 3.07. The highest BCUT2D eigenvalue weighted by molar-refractivity contribution is 9.10. The number of amides is 2. The van der Waals surface area contributed by atoms with E-state index in [0.29, 0.717) is 27.0 Å². The van der Waals surface area contributed by atoms with E-state index < -0.39 is 6.16 Å². The molecule has 0 aromatic heterocycles. The number of halogens is 1. The second kappa shape index (κ2) is 10.4. The molecule has 0 saturated heterocycles. The summed E-state index contributed by atoms with van der Waals surface area (Å²) in [6.07, 6.45) is -0.800. The molecule has 0 heterocycles. The predicted octanol–water partition coefficient (Wildman–Crippen LogP) is 5.49. The van der Waals surface area contributed by atoms with E-state index >= 15 is 0 Å². The van der Waals surface area contributed by atoms with Crippen molar-refractivity contribution in [3.8, 4) is 5.75 Å². The molecule has 0 saturated carbocycles. The van der Waals surface area contributed by atoms with Crippen LogP contribution in [0.3, 0.4) is 0 Å². The van der Waals surface area contributed by atoms with Crippen molar-refractivity contribution in [2.24, 2.45) is 0 Å². The van der Waals surface area contributed by atoms with Crippen molar-refractivity contribution in [2.45, 2.75) is 6.92 Å². The van der Waals surface area contributed by atoms with E-state index in [2.05, 4.69) is 26.6 Å². The SMILES string of the molecule is CCOC(=O)Oc1ccc(C(=O)Nc2ccc(NC(=O)c3ccccc3Br)cc2)cc1. The largest absolute Gasteiger partial charge is 0.513 e. The number of nitrogens with one attached hydrogen (secondary N) is 2. The number of carbonyl (C=O) groups is 3. The summed E-state index contributed by atoms with van der Waals surface area (Å²) in [6.45, 7) is 1.89. The Morgan fingerprint density at radius 3 is 1.97 bits per heavy atom. The number of ether oxygens (including phenoxy) is 2. The molecule has 0 unspecified atom stereocenters. The minimum atomic E-state index is -0.800. The van der Waals surface area contributed by atoms with Gasteiger partial charge < -0.3 is 20.1 Å². The summed E-state index contributed by atoms with van der Waals surface area (Å²) in [4.78, 5) is 36.1. The van der Waals surface area contributed by atoms with Crippen molar-refractivity contribution in [1.29, 1.82) is 0 Å². The Bertz CT molecular complexity index is 1080. The predicted molar refractivity (Wildman–Crippen MR) is 121 cm³/mol. The molecule has 0 aliphatic carbocycles. The van der Waals surface area contributed by atoms with Gasteiger partial charge in [0.15, 0.2) is 0 Å². The zero-order valence-electron chi connectivity index (χ0n) is 16.6. The molecule has 31 heavy (non-hydrogen) atoms. The number of rotatable bonds is 6. The van der Waals surface area contributed by atoms with Gasteiger partial charge >= 0.3 is 6.16 Å². The summed E-state index contributed by atoms with van der Waals surface area (Å²) in [5, 5.41) is 5.58. The van der Waals surface area contributed by atoms with E-state index in [4.69, 9.17) is 9.47 Å². The van der Waals surface area contributed by atoms with Gasteiger partial charge in [0.1, 0.15) is 5.75 Å². The molecule has 0 bridgehead atoms. The monoisotopic (exact) mass is 482 g/mol. The lowest BCUT2D eigenvalue weighted by molar-refractivity contribution is 0.101. The zero-order valence-corrected chi connectivity index (χ0v) is 18.1. The maximum atomic E-state index is 12.4. The van der Waals surface area contributed by atoms with Crippen LogP contribution in [0.1, 0.15) is 27.6 Å². The average Bonchev–Trinajstić information content (AvgIpc) is 2.76. The maximum absolute atomic E-state index is 12.4. The molecule has 3 aromatic carbocycles. The highest BCUT2D eigenvalue weighted by Gasteiger charge is 2.11. The lowest BCUT2D eigenvalue weighted by Gasteiger charge is -2.09. The molecule has 158 valence electrons. The molecule has 2 N–H and O–H groups in total. The maximum Gasteiger partial charge on any atom is 0.513 e. The van der Waals surface area contributed by atoms with Crippen molar-refractivity contribution in [3.05, 3.63) is 88.4 Å². The van der Waals surface area contributed by atoms with Crippen LogP contribution in [-0.4, -0.2) is 24.6 Å². The second-order valence-electron chi connectivity index (χ2n) is 6.27. The molecule has 3 rings (SSSR count). The fraction of sp³-hybridized carbons (Fsp3) is 0.0870. The Morgan fingerprint density at radius 2 is 1.39 bits per heavy atom. The van der Waals surface area contributed by atoms with E-state index in [0.717, 1.165) is 0 Å². The number of anilines is 2. The minimum Gasteiger partial charge on any atom is -0.434 e. The lowest BCUT2D eigenvalue weighted by atomic mass is 10.2. The molecule has 0 radical (unpaired) electrons. The van der Waals surface area contributed by atoms with Crippen LogP contribution in [0.15, 0.2) is 77.3 Å². The van der Waals surface area contributed by atoms with Crippen LogP contribution >= 0.6 is 15.9 Å². The zero-order chi connectivity index (χ0) is 22.2. The molecule has 7 nitrogen and oxygen atoms in total.